The second kappa shape index (κ2) is 7.05. The van der Waals surface area contributed by atoms with E-state index in [1.165, 1.54) is 4.90 Å². The molecule has 6 nitrogen and oxygen atoms in total. The Balaban J connectivity index is 1.97. The molecule has 1 saturated heterocycles. The van der Waals surface area contributed by atoms with E-state index in [1.807, 2.05) is 36.4 Å². The van der Waals surface area contributed by atoms with Crippen LogP contribution in [0.5, 0.6) is 0 Å². The van der Waals surface area contributed by atoms with Crippen molar-refractivity contribution in [3.05, 3.63) is 35.9 Å². The molecule has 1 fully saturated rings. The summed E-state index contributed by atoms with van der Waals surface area (Å²) in [6.45, 7) is 0.144. The number of nitriles is 1. The molecule has 22 heavy (non-hydrogen) atoms. The van der Waals surface area contributed by atoms with Gasteiger partial charge in [0, 0.05) is 6.54 Å². The van der Waals surface area contributed by atoms with Gasteiger partial charge >= 0.3 is 5.97 Å². The van der Waals surface area contributed by atoms with Crippen molar-refractivity contribution >= 4 is 11.9 Å². The molecule has 1 aromatic rings. The fourth-order valence-electron chi connectivity index (χ4n) is 2.71. The zero-order valence-corrected chi connectivity index (χ0v) is 12.2. The van der Waals surface area contributed by atoms with E-state index in [4.69, 9.17) is 11.0 Å². The van der Waals surface area contributed by atoms with Gasteiger partial charge in [-0.25, -0.2) is 4.79 Å². The number of carbonyl (C=O) groups is 2. The van der Waals surface area contributed by atoms with Crippen LogP contribution in [0.2, 0.25) is 0 Å². The van der Waals surface area contributed by atoms with Crippen LogP contribution in [0.3, 0.4) is 0 Å². The summed E-state index contributed by atoms with van der Waals surface area (Å²) in [7, 11) is 0. The van der Waals surface area contributed by atoms with Crippen LogP contribution in [-0.2, 0) is 16.0 Å². The number of aliphatic carboxylic acids is 1. The predicted octanol–water partition coefficient (Wildman–Crippen LogP) is 0.772. The van der Waals surface area contributed by atoms with Crippen LogP contribution in [0, 0.1) is 17.2 Å². The predicted molar refractivity (Wildman–Crippen MR) is 79.6 cm³/mol. The fraction of sp³-hybridized carbons (Fsp3) is 0.438. The molecule has 1 amide bonds. The first kappa shape index (κ1) is 16.0. The number of benzene rings is 1. The van der Waals surface area contributed by atoms with E-state index in [9.17, 15) is 14.7 Å². The normalized spacial score (nSPS) is 22.1. The minimum atomic E-state index is -1.08. The molecule has 1 aliphatic heterocycles. The molecule has 1 heterocycles. The number of nitrogens with zero attached hydrogens (tertiary/aromatic N) is 2. The number of likely N-dealkylation sites (tertiary alicyclic amines) is 1. The fourth-order valence-corrected chi connectivity index (χ4v) is 2.71. The number of hydrogen-bond acceptors (Lipinski definition) is 4. The molecular formula is C16H19N3O3. The van der Waals surface area contributed by atoms with Crippen LogP contribution in [0.25, 0.3) is 0 Å². The third-order valence-corrected chi connectivity index (χ3v) is 3.96. The molecule has 2 rings (SSSR count). The topological polar surface area (TPSA) is 107 Å². The molecular weight excluding hydrogens is 282 g/mol. The van der Waals surface area contributed by atoms with Gasteiger partial charge in [0.05, 0.1) is 18.0 Å². The molecule has 116 valence electrons. The molecule has 0 radical (unpaired) electrons. The first-order valence-electron chi connectivity index (χ1n) is 7.25. The van der Waals surface area contributed by atoms with E-state index in [-0.39, 0.29) is 18.9 Å². The van der Waals surface area contributed by atoms with E-state index < -0.39 is 24.0 Å². The molecule has 0 aromatic heterocycles. The lowest BCUT2D eigenvalue weighted by molar-refractivity contribution is -0.148. The number of nitrogens with two attached hydrogens (primary N) is 1. The SMILES string of the molecule is N#C[C@@H]1C[C@@H](C(=O)O)N(C(=O)C(N)CCc2ccccc2)C1. The number of hydrogen-bond donors (Lipinski definition) is 2. The molecule has 0 saturated carbocycles. The van der Waals surface area contributed by atoms with Crippen molar-refractivity contribution in [1.82, 2.24) is 4.90 Å². The van der Waals surface area contributed by atoms with E-state index in [0.717, 1.165) is 5.56 Å². The Morgan fingerprint density at radius 3 is 2.68 bits per heavy atom. The molecule has 0 bridgehead atoms. The maximum Gasteiger partial charge on any atom is 0.326 e. The lowest BCUT2D eigenvalue weighted by atomic mass is 10.0. The summed E-state index contributed by atoms with van der Waals surface area (Å²) >= 11 is 0. The standard InChI is InChI=1S/C16H19N3O3/c17-9-12-8-14(16(21)22)19(10-12)15(20)13(18)7-6-11-4-2-1-3-5-11/h1-5,12-14H,6-8,10,18H2,(H,21,22)/t12-,13?,14-/m0/s1. The summed E-state index contributed by atoms with van der Waals surface area (Å²) in [6.07, 6.45) is 1.27. The van der Waals surface area contributed by atoms with Crippen molar-refractivity contribution in [3.63, 3.8) is 0 Å². The molecule has 0 aliphatic carbocycles. The Morgan fingerprint density at radius 1 is 1.41 bits per heavy atom. The summed E-state index contributed by atoms with van der Waals surface area (Å²) in [5.41, 5.74) is 7.01. The van der Waals surface area contributed by atoms with E-state index in [1.54, 1.807) is 0 Å². The molecule has 3 N–H and O–H groups in total. The summed E-state index contributed by atoms with van der Waals surface area (Å²) in [6, 6.07) is 10.0. The third-order valence-electron chi connectivity index (χ3n) is 3.96. The Hall–Kier alpha value is -2.39. The highest BCUT2D eigenvalue weighted by atomic mass is 16.4. The molecule has 3 atom stereocenters. The van der Waals surface area contributed by atoms with Crippen LogP contribution in [-0.4, -0.2) is 40.5 Å². The van der Waals surface area contributed by atoms with E-state index >= 15 is 0 Å². The van der Waals surface area contributed by atoms with Gasteiger partial charge in [0.1, 0.15) is 6.04 Å². The van der Waals surface area contributed by atoms with Gasteiger partial charge in [0.15, 0.2) is 0 Å². The smallest absolute Gasteiger partial charge is 0.326 e. The summed E-state index contributed by atoms with van der Waals surface area (Å²) in [5.74, 6) is -1.91. The number of rotatable bonds is 5. The second-order valence-corrected chi connectivity index (χ2v) is 5.54. The van der Waals surface area contributed by atoms with Crippen molar-refractivity contribution in [1.29, 1.82) is 5.26 Å². The van der Waals surface area contributed by atoms with Crippen LogP contribution in [0.4, 0.5) is 0 Å². The number of carbonyl (C=O) groups excluding carboxylic acids is 1. The maximum absolute atomic E-state index is 12.4. The summed E-state index contributed by atoms with van der Waals surface area (Å²) in [4.78, 5) is 24.8. The third kappa shape index (κ3) is 3.62. The number of amides is 1. The number of carboxylic acid groups (broad SMARTS) is 1. The zero-order chi connectivity index (χ0) is 16.1. The van der Waals surface area contributed by atoms with Gasteiger partial charge in [-0.3, -0.25) is 4.79 Å². The first-order valence-corrected chi connectivity index (χ1v) is 7.25. The largest absolute Gasteiger partial charge is 0.480 e. The lowest BCUT2D eigenvalue weighted by Crippen LogP contribution is -2.48. The lowest BCUT2D eigenvalue weighted by Gasteiger charge is -2.24. The van der Waals surface area contributed by atoms with Gasteiger partial charge in [0.25, 0.3) is 0 Å². The molecule has 0 spiro atoms. The van der Waals surface area contributed by atoms with Crippen molar-refractivity contribution < 1.29 is 14.7 Å². The van der Waals surface area contributed by atoms with Crippen molar-refractivity contribution in [2.24, 2.45) is 11.7 Å². The summed E-state index contributed by atoms with van der Waals surface area (Å²) in [5, 5.41) is 18.1. The number of carboxylic acids is 1. The molecule has 6 heteroatoms. The Bertz CT molecular complexity index is 582. The maximum atomic E-state index is 12.4. The van der Waals surface area contributed by atoms with Gasteiger partial charge in [-0.2, -0.15) is 5.26 Å². The van der Waals surface area contributed by atoms with E-state index in [0.29, 0.717) is 12.8 Å². The highest BCUT2D eigenvalue weighted by molar-refractivity contribution is 5.87. The highest BCUT2D eigenvalue weighted by Crippen LogP contribution is 2.24. The van der Waals surface area contributed by atoms with Gasteiger partial charge < -0.3 is 15.7 Å². The molecule has 1 aromatic carbocycles. The highest BCUT2D eigenvalue weighted by Gasteiger charge is 2.40. The average molecular weight is 301 g/mol. The quantitative estimate of drug-likeness (QED) is 0.835. The van der Waals surface area contributed by atoms with Gasteiger partial charge in [-0.1, -0.05) is 30.3 Å². The second-order valence-electron chi connectivity index (χ2n) is 5.54. The molecule has 1 aliphatic rings. The van der Waals surface area contributed by atoms with E-state index in [2.05, 4.69) is 0 Å². The Morgan fingerprint density at radius 2 is 2.09 bits per heavy atom. The average Bonchev–Trinajstić information content (AvgIpc) is 2.97. The van der Waals surface area contributed by atoms with Crippen molar-refractivity contribution in [2.75, 3.05) is 6.54 Å². The minimum absolute atomic E-state index is 0.144. The summed E-state index contributed by atoms with van der Waals surface area (Å²) < 4.78 is 0. The Kier molecular flexibility index (Phi) is 5.12. The van der Waals surface area contributed by atoms with Gasteiger partial charge in [-0.15, -0.1) is 0 Å². The monoisotopic (exact) mass is 301 g/mol. The number of aryl methyl sites for hydroxylation is 1. The van der Waals surface area contributed by atoms with Crippen LogP contribution >= 0.6 is 0 Å². The van der Waals surface area contributed by atoms with Gasteiger partial charge in [0.2, 0.25) is 5.91 Å². The molecule has 1 unspecified atom stereocenters. The zero-order valence-electron chi connectivity index (χ0n) is 12.2. The minimum Gasteiger partial charge on any atom is -0.480 e. The van der Waals surface area contributed by atoms with Gasteiger partial charge in [-0.05, 0) is 24.8 Å². The Labute approximate surface area is 129 Å². The van der Waals surface area contributed by atoms with Crippen LogP contribution < -0.4 is 5.73 Å². The van der Waals surface area contributed by atoms with Crippen LogP contribution in [0.15, 0.2) is 30.3 Å². The van der Waals surface area contributed by atoms with Crippen LogP contribution in [0.1, 0.15) is 18.4 Å². The van der Waals surface area contributed by atoms with Crippen molar-refractivity contribution in [2.45, 2.75) is 31.3 Å². The van der Waals surface area contributed by atoms with Crippen molar-refractivity contribution in [3.8, 4) is 6.07 Å². The first-order chi connectivity index (χ1) is 10.5.